The quantitative estimate of drug-likeness (QED) is 0.794. The summed E-state index contributed by atoms with van der Waals surface area (Å²) in [5, 5.41) is 6.55. The lowest BCUT2D eigenvalue weighted by atomic mass is 10.0. The molecule has 3 rings (SSSR count). The van der Waals surface area contributed by atoms with E-state index in [1.807, 2.05) is 42.9 Å². The lowest BCUT2D eigenvalue weighted by molar-refractivity contribution is 0.408. The second-order valence-corrected chi connectivity index (χ2v) is 5.48. The number of hydrogen-bond acceptors (Lipinski definition) is 4. The number of nitrogens with one attached hydrogen (secondary N) is 1. The highest BCUT2D eigenvalue weighted by molar-refractivity contribution is 7.10. The first-order valence-corrected chi connectivity index (χ1v) is 7.35. The highest BCUT2D eigenvalue weighted by Crippen LogP contribution is 2.34. The normalized spacial score (nSPS) is 12.5. The van der Waals surface area contributed by atoms with Crippen LogP contribution in [0.2, 0.25) is 0 Å². The topological polar surface area (TPSA) is 34.2 Å². The third-order valence-corrected chi connectivity index (χ3v) is 4.34. The number of para-hydroxylation sites is 1. The molecule has 20 heavy (non-hydrogen) atoms. The predicted molar refractivity (Wildman–Crippen MR) is 83.5 cm³/mol. The monoisotopic (exact) mass is 284 g/mol. The fourth-order valence-electron chi connectivity index (χ4n) is 2.38. The van der Waals surface area contributed by atoms with Crippen LogP contribution in [0.3, 0.4) is 0 Å². The second kappa shape index (κ2) is 5.61. The van der Waals surface area contributed by atoms with Gasteiger partial charge >= 0.3 is 0 Å². The van der Waals surface area contributed by atoms with Crippen LogP contribution in [-0.2, 0) is 0 Å². The number of nitrogens with zero attached hydrogens (tertiary/aromatic N) is 1. The molecule has 0 saturated heterocycles. The molecule has 3 aromatic rings. The molecule has 0 amide bonds. The van der Waals surface area contributed by atoms with E-state index in [1.54, 1.807) is 18.4 Å². The molecule has 0 aliphatic rings. The standard InChI is InChI=1S/C16H16N2OS/c1-17-15(16-14(19-2)7-8-20-16)12-9-11-5-3-4-6-13(11)18-10-12/h3-10,15,17H,1-2H3. The van der Waals surface area contributed by atoms with E-state index < -0.39 is 0 Å². The third-order valence-electron chi connectivity index (χ3n) is 3.37. The zero-order chi connectivity index (χ0) is 13.9. The van der Waals surface area contributed by atoms with Gasteiger partial charge in [-0.15, -0.1) is 11.3 Å². The molecule has 0 bridgehead atoms. The zero-order valence-electron chi connectivity index (χ0n) is 11.5. The van der Waals surface area contributed by atoms with E-state index in [4.69, 9.17) is 4.74 Å². The van der Waals surface area contributed by atoms with Crippen molar-refractivity contribution in [1.29, 1.82) is 0 Å². The van der Waals surface area contributed by atoms with Gasteiger partial charge in [-0.3, -0.25) is 4.98 Å². The molecule has 102 valence electrons. The van der Waals surface area contributed by atoms with Gasteiger partial charge in [-0.1, -0.05) is 18.2 Å². The van der Waals surface area contributed by atoms with E-state index in [-0.39, 0.29) is 6.04 Å². The molecule has 2 aromatic heterocycles. The van der Waals surface area contributed by atoms with E-state index in [2.05, 4.69) is 22.4 Å². The average Bonchev–Trinajstić information content (AvgIpc) is 2.96. The number of thiophene rings is 1. The van der Waals surface area contributed by atoms with Gasteiger partial charge in [0.25, 0.3) is 0 Å². The van der Waals surface area contributed by atoms with Crippen molar-refractivity contribution in [1.82, 2.24) is 10.3 Å². The number of ether oxygens (including phenoxy) is 1. The predicted octanol–water partition coefficient (Wildman–Crippen LogP) is 3.61. The van der Waals surface area contributed by atoms with E-state index in [1.165, 1.54) is 4.88 Å². The van der Waals surface area contributed by atoms with Crippen LogP contribution < -0.4 is 10.1 Å². The first kappa shape index (κ1) is 13.1. The molecule has 1 aromatic carbocycles. The van der Waals surface area contributed by atoms with Gasteiger partial charge in [0.1, 0.15) is 5.75 Å². The molecule has 1 N–H and O–H groups in total. The van der Waals surface area contributed by atoms with Crippen LogP contribution in [0, 0.1) is 0 Å². The van der Waals surface area contributed by atoms with Gasteiger partial charge in [0.2, 0.25) is 0 Å². The highest BCUT2D eigenvalue weighted by atomic mass is 32.1. The van der Waals surface area contributed by atoms with Crippen molar-refractivity contribution >= 4 is 22.2 Å². The number of pyridine rings is 1. The average molecular weight is 284 g/mol. The molecule has 0 radical (unpaired) electrons. The maximum Gasteiger partial charge on any atom is 0.134 e. The zero-order valence-corrected chi connectivity index (χ0v) is 12.3. The second-order valence-electron chi connectivity index (χ2n) is 4.54. The molecule has 0 aliphatic heterocycles. The van der Waals surface area contributed by atoms with Gasteiger partial charge in [0.15, 0.2) is 0 Å². The van der Waals surface area contributed by atoms with Gasteiger partial charge in [-0.25, -0.2) is 0 Å². The van der Waals surface area contributed by atoms with Gasteiger partial charge in [0.05, 0.1) is 23.5 Å². The van der Waals surface area contributed by atoms with Crippen molar-refractivity contribution in [2.24, 2.45) is 0 Å². The molecule has 4 heteroatoms. The molecule has 1 atom stereocenters. The van der Waals surface area contributed by atoms with Gasteiger partial charge < -0.3 is 10.1 Å². The lowest BCUT2D eigenvalue weighted by Crippen LogP contribution is -2.17. The van der Waals surface area contributed by atoms with Crippen LogP contribution >= 0.6 is 11.3 Å². The highest BCUT2D eigenvalue weighted by Gasteiger charge is 2.18. The summed E-state index contributed by atoms with van der Waals surface area (Å²) in [6.45, 7) is 0. The van der Waals surface area contributed by atoms with E-state index >= 15 is 0 Å². The Hall–Kier alpha value is -1.91. The molecule has 2 heterocycles. The van der Waals surface area contributed by atoms with E-state index in [9.17, 15) is 0 Å². The molecule has 0 saturated carbocycles. The molecular formula is C16H16N2OS. The summed E-state index contributed by atoms with van der Waals surface area (Å²) in [6.07, 6.45) is 1.93. The van der Waals surface area contributed by atoms with Gasteiger partial charge in [-0.05, 0) is 36.2 Å². The smallest absolute Gasteiger partial charge is 0.134 e. The van der Waals surface area contributed by atoms with Gasteiger partial charge in [-0.2, -0.15) is 0 Å². The largest absolute Gasteiger partial charge is 0.496 e. The summed E-state index contributed by atoms with van der Waals surface area (Å²) in [7, 11) is 3.66. The molecule has 0 spiro atoms. The van der Waals surface area contributed by atoms with Crippen LogP contribution in [0.15, 0.2) is 48.0 Å². The van der Waals surface area contributed by atoms with E-state index in [0.717, 1.165) is 22.2 Å². The van der Waals surface area contributed by atoms with Crippen LogP contribution in [0.1, 0.15) is 16.5 Å². The summed E-state index contributed by atoms with van der Waals surface area (Å²) < 4.78 is 5.43. The summed E-state index contributed by atoms with van der Waals surface area (Å²) in [4.78, 5) is 5.71. The Bertz CT molecular complexity index is 723. The summed E-state index contributed by atoms with van der Waals surface area (Å²) in [5.41, 5.74) is 2.16. The summed E-state index contributed by atoms with van der Waals surface area (Å²) in [5.74, 6) is 0.919. The maximum atomic E-state index is 5.43. The number of methoxy groups -OCH3 is 1. The number of aromatic nitrogens is 1. The molecule has 1 unspecified atom stereocenters. The van der Waals surface area contributed by atoms with Crippen molar-refractivity contribution in [3.05, 3.63) is 58.4 Å². The van der Waals surface area contributed by atoms with Crippen LogP contribution in [0.4, 0.5) is 0 Å². The molecule has 0 fully saturated rings. The minimum atomic E-state index is 0.0991. The van der Waals surface area contributed by atoms with Crippen LogP contribution in [0.5, 0.6) is 5.75 Å². The Morgan fingerprint density at radius 1 is 1.25 bits per heavy atom. The molecular weight excluding hydrogens is 268 g/mol. The maximum absolute atomic E-state index is 5.43. The van der Waals surface area contributed by atoms with Crippen LogP contribution in [0.25, 0.3) is 10.9 Å². The van der Waals surface area contributed by atoms with Gasteiger partial charge in [0, 0.05) is 11.6 Å². The Kier molecular flexibility index (Phi) is 3.67. The Labute approximate surface area is 122 Å². The fourth-order valence-corrected chi connectivity index (χ4v) is 3.38. The minimum Gasteiger partial charge on any atom is -0.496 e. The first-order chi connectivity index (χ1) is 9.83. The number of benzene rings is 1. The summed E-state index contributed by atoms with van der Waals surface area (Å²) in [6, 6.07) is 12.4. The number of hydrogen-bond donors (Lipinski definition) is 1. The Balaban J connectivity index is 2.07. The Morgan fingerprint density at radius 3 is 2.90 bits per heavy atom. The fraction of sp³-hybridized carbons (Fsp3) is 0.188. The molecule has 0 aliphatic carbocycles. The van der Waals surface area contributed by atoms with Crippen molar-refractivity contribution < 1.29 is 4.74 Å². The minimum absolute atomic E-state index is 0.0991. The first-order valence-electron chi connectivity index (χ1n) is 6.47. The Morgan fingerprint density at radius 2 is 2.10 bits per heavy atom. The lowest BCUT2D eigenvalue weighted by Gasteiger charge is -2.17. The third kappa shape index (κ3) is 2.28. The van der Waals surface area contributed by atoms with Crippen molar-refractivity contribution in [3.63, 3.8) is 0 Å². The van der Waals surface area contributed by atoms with Crippen LogP contribution in [-0.4, -0.2) is 19.1 Å². The number of fused-ring (bicyclic) bond motifs is 1. The van der Waals surface area contributed by atoms with Crippen molar-refractivity contribution in [3.8, 4) is 5.75 Å². The SMILES string of the molecule is CNC(c1cnc2ccccc2c1)c1sccc1OC. The number of rotatable bonds is 4. The summed E-state index contributed by atoms with van der Waals surface area (Å²) >= 11 is 1.69. The van der Waals surface area contributed by atoms with Crippen molar-refractivity contribution in [2.75, 3.05) is 14.2 Å². The molecule has 3 nitrogen and oxygen atoms in total. The van der Waals surface area contributed by atoms with Crippen molar-refractivity contribution in [2.45, 2.75) is 6.04 Å². The van der Waals surface area contributed by atoms with E-state index in [0.29, 0.717) is 0 Å².